The molecule has 0 aliphatic carbocycles. The SMILES string of the molecule is CCOc1ccc(Nc2nc(-c3nnc(-c4ccc(OC)cc4)o3)nc3ccccc23)cc1. The Bertz CT molecular complexity index is 1380. The first-order valence-electron chi connectivity index (χ1n) is 10.5. The summed E-state index contributed by atoms with van der Waals surface area (Å²) in [6, 6.07) is 22.9. The third-order valence-corrected chi connectivity index (χ3v) is 4.98. The van der Waals surface area contributed by atoms with E-state index in [4.69, 9.17) is 13.9 Å². The topological polar surface area (TPSA) is 95.2 Å². The Balaban J connectivity index is 1.50. The summed E-state index contributed by atoms with van der Waals surface area (Å²) in [5.74, 6) is 3.17. The number of methoxy groups -OCH3 is 1. The smallest absolute Gasteiger partial charge is 0.286 e. The van der Waals surface area contributed by atoms with Crippen molar-refractivity contribution in [1.82, 2.24) is 20.2 Å². The van der Waals surface area contributed by atoms with Gasteiger partial charge in [0.15, 0.2) is 0 Å². The van der Waals surface area contributed by atoms with Crippen molar-refractivity contribution in [2.45, 2.75) is 6.92 Å². The van der Waals surface area contributed by atoms with Crippen LogP contribution in [-0.4, -0.2) is 33.9 Å². The van der Waals surface area contributed by atoms with E-state index in [1.807, 2.05) is 79.7 Å². The fourth-order valence-corrected chi connectivity index (χ4v) is 3.37. The molecule has 2 heterocycles. The highest BCUT2D eigenvalue weighted by atomic mass is 16.5. The molecule has 0 radical (unpaired) electrons. The minimum atomic E-state index is 0.237. The van der Waals surface area contributed by atoms with Gasteiger partial charge in [-0.05, 0) is 67.6 Å². The van der Waals surface area contributed by atoms with E-state index in [1.54, 1.807) is 7.11 Å². The van der Waals surface area contributed by atoms with Crippen LogP contribution in [0.1, 0.15) is 6.92 Å². The van der Waals surface area contributed by atoms with Crippen LogP contribution in [0.15, 0.2) is 77.2 Å². The Labute approximate surface area is 190 Å². The molecule has 0 bridgehead atoms. The number of fused-ring (bicyclic) bond motifs is 1. The van der Waals surface area contributed by atoms with Crippen molar-refractivity contribution in [2.75, 3.05) is 19.0 Å². The summed E-state index contributed by atoms with van der Waals surface area (Å²) in [5, 5.41) is 12.6. The Morgan fingerprint density at radius 2 is 1.55 bits per heavy atom. The van der Waals surface area contributed by atoms with E-state index in [-0.39, 0.29) is 5.89 Å². The lowest BCUT2D eigenvalue weighted by Crippen LogP contribution is -2.00. The highest BCUT2D eigenvalue weighted by Gasteiger charge is 2.16. The summed E-state index contributed by atoms with van der Waals surface area (Å²) in [7, 11) is 1.62. The number of nitrogens with one attached hydrogen (secondary N) is 1. The van der Waals surface area contributed by atoms with Gasteiger partial charge in [-0.2, -0.15) is 0 Å². The van der Waals surface area contributed by atoms with Gasteiger partial charge < -0.3 is 19.2 Å². The van der Waals surface area contributed by atoms with Crippen molar-refractivity contribution in [3.05, 3.63) is 72.8 Å². The largest absolute Gasteiger partial charge is 0.497 e. The lowest BCUT2D eigenvalue weighted by Gasteiger charge is -2.10. The van der Waals surface area contributed by atoms with E-state index in [1.165, 1.54) is 0 Å². The minimum Gasteiger partial charge on any atom is -0.497 e. The van der Waals surface area contributed by atoms with E-state index >= 15 is 0 Å². The van der Waals surface area contributed by atoms with Gasteiger partial charge in [0, 0.05) is 16.6 Å². The molecule has 8 nitrogen and oxygen atoms in total. The molecule has 0 fully saturated rings. The van der Waals surface area contributed by atoms with E-state index in [2.05, 4.69) is 25.5 Å². The van der Waals surface area contributed by atoms with Crippen LogP contribution in [0.2, 0.25) is 0 Å². The average molecular weight is 439 g/mol. The number of aromatic nitrogens is 4. The first kappa shape index (κ1) is 20.4. The van der Waals surface area contributed by atoms with Crippen LogP contribution >= 0.6 is 0 Å². The molecule has 164 valence electrons. The van der Waals surface area contributed by atoms with Crippen LogP contribution in [0.25, 0.3) is 34.1 Å². The molecule has 33 heavy (non-hydrogen) atoms. The molecule has 0 atom stereocenters. The molecule has 0 aliphatic heterocycles. The van der Waals surface area contributed by atoms with Gasteiger partial charge in [-0.3, -0.25) is 0 Å². The van der Waals surface area contributed by atoms with Gasteiger partial charge in [-0.25, -0.2) is 9.97 Å². The Morgan fingerprint density at radius 3 is 2.30 bits per heavy atom. The van der Waals surface area contributed by atoms with Gasteiger partial charge in [-0.15, -0.1) is 10.2 Å². The molecule has 2 aromatic heterocycles. The molecule has 0 spiro atoms. The summed E-state index contributed by atoms with van der Waals surface area (Å²) >= 11 is 0. The molecule has 0 amide bonds. The van der Waals surface area contributed by atoms with Crippen molar-refractivity contribution < 1.29 is 13.9 Å². The summed E-state index contributed by atoms with van der Waals surface area (Å²) in [5.41, 5.74) is 2.42. The second-order valence-electron chi connectivity index (χ2n) is 7.14. The van der Waals surface area contributed by atoms with Gasteiger partial charge in [0.1, 0.15) is 17.3 Å². The summed E-state index contributed by atoms with van der Waals surface area (Å²) in [6.45, 7) is 2.58. The molecule has 0 unspecified atom stereocenters. The molecule has 5 rings (SSSR count). The van der Waals surface area contributed by atoms with Crippen molar-refractivity contribution in [2.24, 2.45) is 0 Å². The molecule has 0 aliphatic rings. The highest BCUT2D eigenvalue weighted by Crippen LogP contribution is 2.29. The predicted octanol–water partition coefficient (Wildman–Crippen LogP) is 5.50. The van der Waals surface area contributed by atoms with Crippen molar-refractivity contribution >= 4 is 22.4 Å². The van der Waals surface area contributed by atoms with E-state index in [0.29, 0.717) is 24.1 Å². The van der Waals surface area contributed by atoms with Crippen LogP contribution in [0.3, 0.4) is 0 Å². The molecule has 5 aromatic rings. The van der Waals surface area contributed by atoms with Gasteiger partial charge in [0.25, 0.3) is 5.89 Å². The lowest BCUT2D eigenvalue weighted by atomic mass is 10.2. The average Bonchev–Trinajstić information content (AvgIpc) is 3.36. The standard InChI is InChI=1S/C25H21N5O3/c1-3-32-19-14-10-17(11-15-19)26-22-20-6-4-5-7-21(20)27-23(28-22)25-30-29-24(33-25)16-8-12-18(31-2)13-9-16/h4-15H,3H2,1-2H3,(H,26,27,28). The fourth-order valence-electron chi connectivity index (χ4n) is 3.37. The van der Waals surface area contributed by atoms with Crippen molar-refractivity contribution in [1.29, 1.82) is 0 Å². The maximum absolute atomic E-state index is 5.89. The van der Waals surface area contributed by atoms with Gasteiger partial charge in [0.05, 0.1) is 19.2 Å². The third-order valence-electron chi connectivity index (χ3n) is 4.98. The maximum atomic E-state index is 5.89. The van der Waals surface area contributed by atoms with Crippen LogP contribution in [-0.2, 0) is 0 Å². The zero-order chi connectivity index (χ0) is 22.6. The normalized spacial score (nSPS) is 10.8. The number of benzene rings is 3. The Hall–Kier alpha value is -4.46. The van der Waals surface area contributed by atoms with Crippen molar-refractivity contribution in [3.8, 4) is 34.7 Å². The monoisotopic (exact) mass is 439 g/mol. The summed E-state index contributed by atoms with van der Waals surface area (Å²) in [6.07, 6.45) is 0. The van der Waals surface area contributed by atoms with Crippen LogP contribution in [0.5, 0.6) is 11.5 Å². The molecule has 3 aromatic carbocycles. The number of nitrogens with zero attached hydrogens (tertiary/aromatic N) is 4. The fraction of sp³-hybridized carbons (Fsp3) is 0.120. The first-order chi connectivity index (χ1) is 16.2. The molecular formula is C25H21N5O3. The predicted molar refractivity (Wildman–Crippen MR) is 126 cm³/mol. The van der Waals surface area contributed by atoms with Crippen LogP contribution in [0.4, 0.5) is 11.5 Å². The number of para-hydroxylation sites is 1. The number of rotatable bonds is 7. The quantitative estimate of drug-likeness (QED) is 0.355. The minimum absolute atomic E-state index is 0.237. The number of hydrogen-bond donors (Lipinski definition) is 1. The molecular weight excluding hydrogens is 418 g/mol. The highest BCUT2D eigenvalue weighted by molar-refractivity contribution is 5.91. The van der Waals surface area contributed by atoms with Gasteiger partial charge >= 0.3 is 0 Å². The molecule has 0 saturated carbocycles. The van der Waals surface area contributed by atoms with E-state index < -0.39 is 0 Å². The zero-order valence-electron chi connectivity index (χ0n) is 18.1. The second-order valence-corrected chi connectivity index (χ2v) is 7.14. The van der Waals surface area contributed by atoms with Crippen LogP contribution < -0.4 is 14.8 Å². The van der Waals surface area contributed by atoms with E-state index in [0.717, 1.165) is 33.7 Å². The van der Waals surface area contributed by atoms with Crippen LogP contribution in [0, 0.1) is 0 Å². The molecule has 0 saturated heterocycles. The number of anilines is 2. The Morgan fingerprint density at radius 1 is 0.818 bits per heavy atom. The zero-order valence-corrected chi connectivity index (χ0v) is 18.1. The van der Waals surface area contributed by atoms with Gasteiger partial charge in [-0.1, -0.05) is 12.1 Å². The summed E-state index contributed by atoms with van der Waals surface area (Å²) < 4.78 is 16.6. The van der Waals surface area contributed by atoms with Crippen molar-refractivity contribution in [3.63, 3.8) is 0 Å². The third kappa shape index (κ3) is 4.31. The molecule has 8 heteroatoms. The van der Waals surface area contributed by atoms with Gasteiger partial charge in [0.2, 0.25) is 11.7 Å². The lowest BCUT2D eigenvalue weighted by molar-refractivity contribution is 0.340. The Kier molecular flexibility index (Phi) is 5.55. The van der Waals surface area contributed by atoms with E-state index in [9.17, 15) is 0 Å². The molecule has 1 N–H and O–H groups in total. The summed E-state index contributed by atoms with van der Waals surface area (Å²) in [4.78, 5) is 9.32. The second kappa shape index (κ2) is 8.96. The maximum Gasteiger partial charge on any atom is 0.286 e. The number of hydrogen-bond acceptors (Lipinski definition) is 8. The number of ether oxygens (including phenoxy) is 2. The first-order valence-corrected chi connectivity index (χ1v) is 10.5.